The van der Waals surface area contributed by atoms with E-state index in [4.69, 9.17) is 14.6 Å². The van der Waals surface area contributed by atoms with Crippen LogP contribution in [-0.2, 0) is 9.53 Å². The minimum atomic E-state index is -5.08. The van der Waals surface area contributed by atoms with Gasteiger partial charge in [0.05, 0.1) is 11.2 Å². The molecule has 2 rings (SSSR count). The summed E-state index contributed by atoms with van der Waals surface area (Å²) in [6, 6.07) is 0. The van der Waals surface area contributed by atoms with E-state index in [-0.39, 0.29) is 11.2 Å². The second-order valence-electron chi connectivity index (χ2n) is 5.60. The average molecular weight is 283 g/mol. The van der Waals surface area contributed by atoms with Crippen LogP contribution in [0.25, 0.3) is 0 Å². The number of hydrogen-bond acceptors (Lipinski definition) is 3. The van der Waals surface area contributed by atoms with E-state index < -0.39 is 12.1 Å². The molecule has 2 aliphatic rings. The average Bonchev–Trinajstić information content (AvgIpc) is 2.55. The first-order chi connectivity index (χ1) is 8.56. The molecule has 0 atom stereocenters. The number of alkyl halides is 3. The lowest BCUT2D eigenvalue weighted by atomic mass is 9.89. The van der Waals surface area contributed by atoms with Crippen molar-refractivity contribution in [3.63, 3.8) is 0 Å². The predicted molar refractivity (Wildman–Crippen MR) is 62.9 cm³/mol. The summed E-state index contributed by atoms with van der Waals surface area (Å²) in [6.07, 6.45) is -0.179. The fraction of sp³-hybridized carbons (Fsp3) is 0.917. The SMILES string of the molecule is CC1(C)CCC2(CCNCC2)O1.O=C(O)C(F)(F)F. The van der Waals surface area contributed by atoms with Gasteiger partial charge in [-0.1, -0.05) is 0 Å². The highest BCUT2D eigenvalue weighted by Crippen LogP contribution is 2.42. The molecule has 2 fully saturated rings. The Balaban J connectivity index is 0.000000224. The summed E-state index contributed by atoms with van der Waals surface area (Å²) in [5, 5.41) is 10.5. The Hall–Kier alpha value is -0.820. The summed E-state index contributed by atoms with van der Waals surface area (Å²) in [4.78, 5) is 8.90. The van der Waals surface area contributed by atoms with Gasteiger partial charge in [-0.25, -0.2) is 4.79 Å². The third-order valence-electron chi connectivity index (χ3n) is 3.43. The molecule has 0 aliphatic carbocycles. The number of carboxylic acids is 1. The molecule has 19 heavy (non-hydrogen) atoms. The van der Waals surface area contributed by atoms with Gasteiger partial charge in [0, 0.05) is 0 Å². The van der Waals surface area contributed by atoms with E-state index in [0.29, 0.717) is 0 Å². The number of piperidine rings is 1. The number of halogens is 3. The van der Waals surface area contributed by atoms with Crippen LogP contribution in [0.1, 0.15) is 39.5 Å². The second kappa shape index (κ2) is 5.66. The minimum Gasteiger partial charge on any atom is -0.475 e. The van der Waals surface area contributed by atoms with Gasteiger partial charge >= 0.3 is 12.1 Å². The Morgan fingerprint density at radius 2 is 1.63 bits per heavy atom. The number of carboxylic acid groups (broad SMARTS) is 1. The first-order valence-corrected chi connectivity index (χ1v) is 6.27. The third kappa shape index (κ3) is 4.99. The molecule has 0 unspecified atom stereocenters. The molecule has 0 radical (unpaired) electrons. The Bertz CT molecular complexity index is 323. The fourth-order valence-corrected chi connectivity index (χ4v) is 2.45. The molecule has 0 bridgehead atoms. The van der Waals surface area contributed by atoms with E-state index in [0.717, 1.165) is 13.1 Å². The minimum absolute atomic E-state index is 0.136. The van der Waals surface area contributed by atoms with Crippen LogP contribution in [0, 0.1) is 0 Å². The van der Waals surface area contributed by atoms with Crippen LogP contribution in [0.3, 0.4) is 0 Å². The maximum absolute atomic E-state index is 10.6. The zero-order valence-corrected chi connectivity index (χ0v) is 11.1. The van der Waals surface area contributed by atoms with Crippen molar-refractivity contribution in [3.8, 4) is 0 Å². The molecule has 2 saturated heterocycles. The summed E-state index contributed by atoms with van der Waals surface area (Å²) >= 11 is 0. The first-order valence-electron chi connectivity index (χ1n) is 6.27. The number of ether oxygens (including phenoxy) is 1. The molecule has 0 amide bonds. The van der Waals surface area contributed by atoms with Crippen molar-refractivity contribution in [1.82, 2.24) is 5.32 Å². The zero-order valence-electron chi connectivity index (χ0n) is 11.1. The van der Waals surface area contributed by atoms with E-state index >= 15 is 0 Å². The van der Waals surface area contributed by atoms with E-state index in [1.165, 1.54) is 25.7 Å². The van der Waals surface area contributed by atoms with Crippen LogP contribution in [0.2, 0.25) is 0 Å². The van der Waals surface area contributed by atoms with E-state index in [1.807, 2.05) is 0 Å². The molecule has 112 valence electrons. The van der Waals surface area contributed by atoms with Crippen LogP contribution in [0.15, 0.2) is 0 Å². The van der Waals surface area contributed by atoms with E-state index in [9.17, 15) is 13.2 Å². The van der Waals surface area contributed by atoms with Crippen LogP contribution in [0.4, 0.5) is 13.2 Å². The highest BCUT2D eigenvalue weighted by Gasteiger charge is 2.44. The van der Waals surface area contributed by atoms with Crippen molar-refractivity contribution >= 4 is 5.97 Å². The molecule has 0 aromatic carbocycles. The second-order valence-corrected chi connectivity index (χ2v) is 5.60. The van der Waals surface area contributed by atoms with Gasteiger partial charge in [0.2, 0.25) is 0 Å². The van der Waals surface area contributed by atoms with E-state index in [1.54, 1.807) is 0 Å². The normalized spacial score (nSPS) is 24.7. The smallest absolute Gasteiger partial charge is 0.475 e. The molecule has 7 heteroatoms. The topological polar surface area (TPSA) is 58.6 Å². The number of aliphatic carboxylic acids is 1. The van der Waals surface area contributed by atoms with Crippen molar-refractivity contribution in [2.45, 2.75) is 56.9 Å². The quantitative estimate of drug-likeness (QED) is 0.716. The molecular weight excluding hydrogens is 263 g/mol. The summed E-state index contributed by atoms with van der Waals surface area (Å²) in [6.45, 7) is 6.69. The lowest BCUT2D eigenvalue weighted by Gasteiger charge is -2.35. The highest BCUT2D eigenvalue weighted by molar-refractivity contribution is 5.73. The first kappa shape index (κ1) is 16.2. The standard InChI is InChI=1S/C10H19NO.C2HF3O2/c1-9(2)3-4-10(12-9)5-7-11-8-6-10;3-2(4,5)1(6)7/h11H,3-8H2,1-2H3;(H,6,7). The van der Waals surface area contributed by atoms with E-state index in [2.05, 4.69) is 19.2 Å². The van der Waals surface area contributed by atoms with Crippen molar-refractivity contribution in [2.24, 2.45) is 0 Å². The molecule has 0 aromatic rings. The monoisotopic (exact) mass is 283 g/mol. The molecule has 2 aliphatic heterocycles. The van der Waals surface area contributed by atoms with Crippen LogP contribution >= 0.6 is 0 Å². The molecular formula is C12H20F3NO3. The third-order valence-corrected chi connectivity index (χ3v) is 3.43. The van der Waals surface area contributed by atoms with Gasteiger partial charge in [0.25, 0.3) is 0 Å². The van der Waals surface area contributed by atoms with Gasteiger partial charge in [0.1, 0.15) is 0 Å². The Morgan fingerprint density at radius 3 is 1.95 bits per heavy atom. The zero-order chi connectivity index (χ0) is 14.7. The molecule has 4 nitrogen and oxygen atoms in total. The van der Waals surface area contributed by atoms with Gasteiger partial charge < -0.3 is 15.2 Å². The van der Waals surface area contributed by atoms with Gasteiger partial charge in [-0.05, 0) is 52.6 Å². The molecule has 0 aromatic heterocycles. The molecule has 2 N–H and O–H groups in total. The largest absolute Gasteiger partial charge is 0.490 e. The summed E-state index contributed by atoms with van der Waals surface area (Å²) < 4.78 is 37.9. The maximum atomic E-state index is 10.6. The van der Waals surface area contributed by atoms with Crippen molar-refractivity contribution in [3.05, 3.63) is 0 Å². The maximum Gasteiger partial charge on any atom is 0.490 e. The van der Waals surface area contributed by atoms with Crippen LogP contribution in [0.5, 0.6) is 0 Å². The molecule has 1 spiro atoms. The number of nitrogens with one attached hydrogen (secondary N) is 1. The Morgan fingerprint density at radius 1 is 1.16 bits per heavy atom. The number of carbonyl (C=O) groups is 1. The Labute approximate surface area is 110 Å². The van der Waals surface area contributed by atoms with Crippen LogP contribution < -0.4 is 5.32 Å². The highest BCUT2D eigenvalue weighted by atomic mass is 19.4. The molecule has 0 saturated carbocycles. The van der Waals surface area contributed by atoms with Crippen molar-refractivity contribution in [1.29, 1.82) is 0 Å². The van der Waals surface area contributed by atoms with Gasteiger partial charge in [-0.2, -0.15) is 13.2 Å². The van der Waals surface area contributed by atoms with Crippen molar-refractivity contribution in [2.75, 3.05) is 13.1 Å². The number of rotatable bonds is 0. The predicted octanol–water partition coefficient (Wildman–Crippen LogP) is 2.33. The van der Waals surface area contributed by atoms with Gasteiger partial charge in [0.15, 0.2) is 0 Å². The van der Waals surface area contributed by atoms with Gasteiger partial charge in [-0.15, -0.1) is 0 Å². The lowest BCUT2D eigenvalue weighted by Crippen LogP contribution is -2.42. The molecule has 2 heterocycles. The van der Waals surface area contributed by atoms with Crippen molar-refractivity contribution < 1.29 is 27.8 Å². The summed E-state index contributed by atoms with van der Waals surface area (Å²) in [5.41, 5.74) is 0.381. The lowest BCUT2D eigenvalue weighted by molar-refractivity contribution is -0.192. The number of hydrogen-bond donors (Lipinski definition) is 2. The summed E-state index contributed by atoms with van der Waals surface area (Å²) in [7, 11) is 0. The van der Waals surface area contributed by atoms with Gasteiger partial charge in [-0.3, -0.25) is 0 Å². The van der Waals surface area contributed by atoms with Crippen LogP contribution in [-0.4, -0.2) is 41.5 Å². The summed E-state index contributed by atoms with van der Waals surface area (Å²) in [5.74, 6) is -2.76. The fourth-order valence-electron chi connectivity index (χ4n) is 2.45. The Kier molecular flexibility index (Phi) is 4.84.